The van der Waals surface area contributed by atoms with Crippen molar-refractivity contribution < 1.29 is 4.79 Å². The average molecular weight is 245 g/mol. The van der Waals surface area contributed by atoms with Crippen molar-refractivity contribution in [1.29, 1.82) is 0 Å². The number of hydrogen-bond acceptors (Lipinski definition) is 3. The lowest BCUT2D eigenvalue weighted by Gasteiger charge is -2.05. The maximum atomic E-state index is 11.5. The minimum absolute atomic E-state index is 0.230. The maximum Gasteiger partial charge on any atom is 0.315 e. The largest absolute Gasteiger partial charge is 0.334 e. The van der Waals surface area contributed by atoms with Gasteiger partial charge in [-0.3, -0.25) is 4.68 Å². The van der Waals surface area contributed by atoms with Crippen LogP contribution in [-0.4, -0.2) is 20.8 Å². The molecular formula is C12H15N5O. The first kappa shape index (κ1) is 12.1. The molecule has 0 atom stereocenters. The topological polar surface area (TPSA) is 71.8 Å². The molecular weight excluding hydrogens is 230 g/mol. The molecule has 1 heterocycles. The van der Waals surface area contributed by atoms with E-state index < -0.39 is 0 Å². The maximum absolute atomic E-state index is 11.5. The Morgan fingerprint density at radius 3 is 2.61 bits per heavy atom. The number of amides is 2. The second kappa shape index (κ2) is 5.81. The number of nitrogens with one attached hydrogen (secondary N) is 2. The van der Waals surface area contributed by atoms with Crippen LogP contribution in [0.25, 0.3) is 0 Å². The smallest absolute Gasteiger partial charge is 0.315 e. The van der Waals surface area contributed by atoms with Crippen molar-refractivity contribution in [2.24, 2.45) is 7.05 Å². The lowest BCUT2D eigenvalue weighted by Crippen LogP contribution is -2.34. The highest BCUT2D eigenvalue weighted by atomic mass is 16.2. The molecule has 0 saturated heterocycles. The summed E-state index contributed by atoms with van der Waals surface area (Å²) in [7, 11) is 1.78. The Hall–Kier alpha value is -2.37. The van der Waals surface area contributed by atoms with Gasteiger partial charge in [0.05, 0.1) is 6.54 Å². The minimum atomic E-state index is -0.230. The van der Waals surface area contributed by atoms with Crippen LogP contribution < -0.4 is 10.6 Å². The van der Waals surface area contributed by atoms with E-state index in [1.807, 2.05) is 30.3 Å². The van der Waals surface area contributed by atoms with Crippen LogP contribution in [0.4, 0.5) is 4.79 Å². The number of carbonyl (C=O) groups is 1. The first-order valence-corrected chi connectivity index (χ1v) is 5.64. The highest BCUT2D eigenvalue weighted by Gasteiger charge is 2.02. The van der Waals surface area contributed by atoms with Gasteiger partial charge in [0.1, 0.15) is 6.33 Å². The van der Waals surface area contributed by atoms with Gasteiger partial charge < -0.3 is 10.6 Å². The van der Waals surface area contributed by atoms with Gasteiger partial charge in [-0.15, -0.1) is 0 Å². The van der Waals surface area contributed by atoms with E-state index in [1.165, 1.54) is 0 Å². The van der Waals surface area contributed by atoms with Gasteiger partial charge in [0.2, 0.25) is 0 Å². The van der Waals surface area contributed by atoms with Crippen LogP contribution in [0.5, 0.6) is 0 Å². The summed E-state index contributed by atoms with van der Waals surface area (Å²) in [5.41, 5.74) is 1.06. The van der Waals surface area contributed by atoms with E-state index in [0.717, 1.165) is 5.56 Å². The molecule has 0 aliphatic rings. The summed E-state index contributed by atoms with van der Waals surface area (Å²) in [6.45, 7) is 0.823. The molecule has 2 amide bonds. The zero-order valence-corrected chi connectivity index (χ0v) is 10.1. The van der Waals surface area contributed by atoms with Crippen LogP contribution in [0.15, 0.2) is 36.7 Å². The first-order valence-electron chi connectivity index (χ1n) is 5.64. The third kappa shape index (κ3) is 3.58. The van der Waals surface area contributed by atoms with Gasteiger partial charge in [-0.05, 0) is 5.56 Å². The molecule has 1 aromatic heterocycles. The summed E-state index contributed by atoms with van der Waals surface area (Å²) < 4.78 is 1.60. The lowest BCUT2D eigenvalue weighted by atomic mass is 10.2. The van der Waals surface area contributed by atoms with Crippen LogP contribution in [0.1, 0.15) is 11.4 Å². The second-order valence-corrected chi connectivity index (χ2v) is 3.86. The Labute approximate surface area is 105 Å². The summed E-state index contributed by atoms with van der Waals surface area (Å²) in [6.07, 6.45) is 1.60. The fourth-order valence-electron chi connectivity index (χ4n) is 1.46. The van der Waals surface area contributed by atoms with E-state index in [9.17, 15) is 4.79 Å². The molecule has 1 aromatic carbocycles. The predicted molar refractivity (Wildman–Crippen MR) is 66.5 cm³/mol. The number of urea groups is 1. The summed E-state index contributed by atoms with van der Waals surface area (Å²) in [5, 5.41) is 9.52. The lowest BCUT2D eigenvalue weighted by molar-refractivity contribution is 0.240. The standard InChI is InChI=1S/C12H15N5O/c1-17-9-15-11(16-17)8-14-12(18)13-7-10-5-3-2-4-6-10/h2-6,9H,7-8H2,1H3,(H2,13,14,18). The van der Waals surface area contributed by atoms with Gasteiger partial charge >= 0.3 is 6.03 Å². The molecule has 2 aromatic rings. The van der Waals surface area contributed by atoms with Gasteiger partial charge in [-0.2, -0.15) is 5.10 Å². The first-order chi connectivity index (χ1) is 8.74. The van der Waals surface area contributed by atoms with E-state index in [0.29, 0.717) is 18.9 Å². The van der Waals surface area contributed by atoms with Gasteiger partial charge in [0.25, 0.3) is 0 Å². The molecule has 0 aliphatic carbocycles. The molecule has 94 valence electrons. The normalized spacial score (nSPS) is 10.1. The summed E-state index contributed by atoms with van der Waals surface area (Å²) >= 11 is 0. The molecule has 0 fully saturated rings. The Balaban J connectivity index is 1.73. The van der Waals surface area contributed by atoms with Gasteiger partial charge in [0.15, 0.2) is 5.82 Å². The van der Waals surface area contributed by atoms with Crippen molar-refractivity contribution >= 4 is 6.03 Å². The number of aryl methyl sites for hydroxylation is 1. The van der Waals surface area contributed by atoms with Crippen LogP contribution in [0.2, 0.25) is 0 Å². The number of nitrogens with zero attached hydrogens (tertiary/aromatic N) is 3. The van der Waals surface area contributed by atoms with Crippen molar-refractivity contribution in [3.63, 3.8) is 0 Å². The fourth-order valence-corrected chi connectivity index (χ4v) is 1.46. The van der Waals surface area contributed by atoms with Crippen molar-refractivity contribution in [1.82, 2.24) is 25.4 Å². The van der Waals surface area contributed by atoms with Crippen LogP contribution in [0, 0.1) is 0 Å². The summed E-state index contributed by atoms with van der Waals surface area (Å²) in [4.78, 5) is 15.5. The SMILES string of the molecule is Cn1cnc(CNC(=O)NCc2ccccc2)n1. The van der Waals surface area contributed by atoms with E-state index in [2.05, 4.69) is 20.7 Å². The number of carbonyl (C=O) groups excluding carboxylic acids is 1. The quantitative estimate of drug-likeness (QED) is 0.837. The minimum Gasteiger partial charge on any atom is -0.334 e. The van der Waals surface area contributed by atoms with Gasteiger partial charge in [0, 0.05) is 13.6 Å². The van der Waals surface area contributed by atoms with E-state index in [1.54, 1.807) is 18.1 Å². The predicted octanol–water partition coefficient (Wildman–Crippen LogP) is 0.814. The number of benzene rings is 1. The summed E-state index contributed by atoms with van der Waals surface area (Å²) in [5.74, 6) is 0.590. The van der Waals surface area contributed by atoms with Crippen molar-refractivity contribution in [2.75, 3.05) is 0 Å². The highest BCUT2D eigenvalue weighted by molar-refractivity contribution is 5.73. The summed E-state index contributed by atoms with van der Waals surface area (Å²) in [6, 6.07) is 9.50. The van der Waals surface area contributed by atoms with Crippen LogP contribution >= 0.6 is 0 Å². The van der Waals surface area contributed by atoms with E-state index in [-0.39, 0.29) is 6.03 Å². The highest BCUT2D eigenvalue weighted by Crippen LogP contribution is 1.96. The number of hydrogen-bond donors (Lipinski definition) is 2. The molecule has 6 heteroatoms. The zero-order valence-electron chi connectivity index (χ0n) is 10.1. The zero-order chi connectivity index (χ0) is 12.8. The molecule has 0 unspecified atom stereocenters. The molecule has 6 nitrogen and oxygen atoms in total. The third-order valence-corrected chi connectivity index (χ3v) is 2.35. The Morgan fingerprint density at radius 2 is 1.94 bits per heavy atom. The van der Waals surface area contributed by atoms with E-state index in [4.69, 9.17) is 0 Å². The fraction of sp³-hybridized carbons (Fsp3) is 0.250. The second-order valence-electron chi connectivity index (χ2n) is 3.86. The van der Waals surface area contributed by atoms with Crippen molar-refractivity contribution in [2.45, 2.75) is 13.1 Å². The van der Waals surface area contributed by atoms with Crippen LogP contribution in [-0.2, 0) is 20.1 Å². The number of rotatable bonds is 4. The van der Waals surface area contributed by atoms with Crippen LogP contribution in [0.3, 0.4) is 0 Å². The van der Waals surface area contributed by atoms with Gasteiger partial charge in [-0.25, -0.2) is 9.78 Å². The molecule has 2 N–H and O–H groups in total. The number of aromatic nitrogens is 3. The van der Waals surface area contributed by atoms with Gasteiger partial charge in [-0.1, -0.05) is 30.3 Å². The molecule has 0 radical (unpaired) electrons. The monoisotopic (exact) mass is 245 g/mol. The Kier molecular flexibility index (Phi) is 3.90. The molecule has 0 aliphatic heterocycles. The molecule has 2 rings (SSSR count). The Morgan fingerprint density at radius 1 is 1.22 bits per heavy atom. The molecule has 0 bridgehead atoms. The van der Waals surface area contributed by atoms with Crippen molar-refractivity contribution in [3.8, 4) is 0 Å². The average Bonchev–Trinajstić information content (AvgIpc) is 2.81. The Bertz CT molecular complexity index is 508. The van der Waals surface area contributed by atoms with Crippen molar-refractivity contribution in [3.05, 3.63) is 48.0 Å². The molecule has 0 spiro atoms. The molecule has 18 heavy (non-hydrogen) atoms. The van der Waals surface area contributed by atoms with E-state index >= 15 is 0 Å². The third-order valence-electron chi connectivity index (χ3n) is 2.35. The molecule has 0 saturated carbocycles.